The zero-order valence-corrected chi connectivity index (χ0v) is 16.5. The molecule has 1 atom stereocenters. The Balaban J connectivity index is 1.45. The van der Waals surface area contributed by atoms with Gasteiger partial charge >= 0.3 is 0 Å². The second kappa shape index (κ2) is 6.32. The van der Waals surface area contributed by atoms with Crippen molar-refractivity contribution in [2.24, 2.45) is 0 Å². The van der Waals surface area contributed by atoms with E-state index >= 15 is 0 Å². The molecule has 1 aliphatic carbocycles. The van der Waals surface area contributed by atoms with Crippen LogP contribution in [0.5, 0.6) is 0 Å². The Morgan fingerprint density at radius 1 is 0.552 bits per heavy atom. The molecular weight excluding hydrogens is 348 g/mol. The summed E-state index contributed by atoms with van der Waals surface area (Å²) < 4.78 is 0. The Morgan fingerprint density at radius 2 is 1.24 bits per heavy atom. The topological polar surface area (TPSA) is 0 Å². The number of rotatable bonds is 2. The molecule has 5 aromatic rings. The summed E-state index contributed by atoms with van der Waals surface area (Å²) in [7, 11) is 0. The second-order valence-corrected chi connectivity index (χ2v) is 8.32. The minimum Gasteiger partial charge on any atom is -0.0619 e. The van der Waals surface area contributed by atoms with Crippen LogP contribution in [0.1, 0.15) is 28.2 Å². The lowest BCUT2D eigenvalue weighted by molar-refractivity contribution is 0.828. The molecule has 1 unspecified atom stereocenters. The fraction of sp³-hybridized carbons (Fsp3) is 0.103. The first-order chi connectivity index (χ1) is 14.3. The van der Waals surface area contributed by atoms with E-state index in [1.54, 1.807) is 0 Å². The third-order valence-electron chi connectivity index (χ3n) is 6.42. The molecule has 0 saturated heterocycles. The molecule has 0 spiro atoms. The quantitative estimate of drug-likeness (QED) is 0.280. The molecule has 0 fully saturated rings. The van der Waals surface area contributed by atoms with Crippen LogP contribution in [0, 0.1) is 6.92 Å². The number of fused-ring (bicyclic) bond motifs is 5. The third-order valence-corrected chi connectivity index (χ3v) is 6.42. The van der Waals surface area contributed by atoms with E-state index in [0.717, 1.165) is 6.42 Å². The monoisotopic (exact) mass is 370 g/mol. The third kappa shape index (κ3) is 2.68. The normalized spacial score (nSPS) is 14.9. The van der Waals surface area contributed by atoms with Crippen LogP contribution in [0.3, 0.4) is 0 Å². The lowest BCUT2D eigenvalue weighted by atomic mass is 9.89. The smallest absolute Gasteiger partial charge is 0.0142 e. The molecule has 0 heterocycles. The molecule has 29 heavy (non-hydrogen) atoms. The summed E-state index contributed by atoms with van der Waals surface area (Å²) in [6, 6.07) is 36.1. The van der Waals surface area contributed by atoms with Gasteiger partial charge in [0.1, 0.15) is 0 Å². The van der Waals surface area contributed by atoms with Gasteiger partial charge in [-0.1, -0.05) is 90.5 Å². The maximum Gasteiger partial charge on any atom is 0.0142 e. The van der Waals surface area contributed by atoms with Crippen LogP contribution >= 0.6 is 0 Å². The molecule has 0 bridgehead atoms. The highest BCUT2D eigenvalue weighted by molar-refractivity contribution is 5.98. The van der Waals surface area contributed by atoms with Gasteiger partial charge in [-0.2, -0.15) is 0 Å². The summed E-state index contributed by atoms with van der Waals surface area (Å²) in [6.45, 7) is 2.18. The van der Waals surface area contributed by atoms with Gasteiger partial charge in [-0.3, -0.25) is 0 Å². The largest absolute Gasteiger partial charge is 0.0619 e. The first kappa shape index (κ1) is 16.6. The summed E-state index contributed by atoms with van der Waals surface area (Å²) in [5, 5.41) is 5.26. The first-order valence-corrected chi connectivity index (χ1v) is 10.4. The maximum atomic E-state index is 2.39. The van der Waals surface area contributed by atoms with Crippen LogP contribution < -0.4 is 0 Å². The zero-order chi connectivity index (χ0) is 19.4. The van der Waals surface area contributed by atoms with Crippen LogP contribution in [0.4, 0.5) is 0 Å². The average molecular weight is 370 g/mol. The van der Waals surface area contributed by atoms with E-state index in [4.69, 9.17) is 0 Å². The summed E-state index contributed by atoms with van der Waals surface area (Å²) in [5.41, 5.74) is 8.49. The molecule has 5 aromatic carbocycles. The molecule has 0 nitrogen and oxygen atoms in total. The molecule has 0 saturated carbocycles. The van der Waals surface area contributed by atoms with Crippen LogP contribution in [-0.4, -0.2) is 0 Å². The summed E-state index contributed by atoms with van der Waals surface area (Å²) in [4.78, 5) is 0. The van der Waals surface area contributed by atoms with E-state index in [-0.39, 0.29) is 0 Å². The molecule has 6 rings (SSSR count). The summed E-state index contributed by atoms with van der Waals surface area (Å²) >= 11 is 0. The van der Waals surface area contributed by atoms with Gasteiger partial charge in [-0.15, -0.1) is 0 Å². The van der Waals surface area contributed by atoms with Crippen molar-refractivity contribution in [3.63, 3.8) is 0 Å². The fourth-order valence-corrected chi connectivity index (χ4v) is 4.99. The van der Waals surface area contributed by atoms with Crippen LogP contribution in [0.25, 0.3) is 32.7 Å². The highest BCUT2D eigenvalue weighted by Gasteiger charge is 2.28. The standard InChI is InChI=1S/C29H22/c1-19-10-13-27-28(14-19)25-8-4-5-9-26(25)29(27)16-20-11-12-23-17-21-6-2-3-7-22(21)18-24(23)15-20/h2-15,17-18,29H,16H2,1H3. The van der Waals surface area contributed by atoms with Gasteiger partial charge in [-0.25, -0.2) is 0 Å². The molecular formula is C29H22. The van der Waals surface area contributed by atoms with E-state index in [1.165, 1.54) is 54.9 Å². The van der Waals surface area contributed by atoms with Gasteiger partial charge in [0.15, 0.2) is 0 Å². The van der Waals surface area contributed by atoms with Crippen LogP contribution in [0.15, 0.2) is 97.1 Å². The van der Waals surface area contributed by atoms with Crippen molar-refractivity contribution in [2.45, 2.75) is 19.3 Å². The van der Waals surface area contributed by atoms with Gasteiger partial charge in [-0.05, 0) is 74.8 Å². The van der Waals surface area contributed by atoms with Gasteiger partial charge in [0.05, 0.1) is 0 Å². The molecule has 1 aliphatic rings. The Labute approximate surface area is 171 Å². The van der Waals surface area contributed by atoms with Crippen LogP contribution in [-0.2, 0) is 6.42 Å². The predicted octanol–water partition coefficient (Wildman–Crippen LogP) is 7.66. The number of hydrogen-bond donors (Lipinski definition) is 0. The number of benzene rings is 5. The summed E-state index contributed by atoms with van der Waals surface area (Å²) in [5.74, 6) is 0.430. The Morgan fingerprint density at radius 3 is 2.10 bits per heavy atom. The molecule has 0 heteroatoms. The zero-order valence-electron chi connectivity index (χ0n) is 16.5. The predicted molar refractivity (Wildman–Crippen MR) is 124 cm³/mol. The molecule has 0 aliphatic heterocycles. The molecule has 0 amide bonds. The van der Waals surface area contributed by atoms with E-state index < -0.39 is 0 Å². The lowest BCUT2D eigenvalue weighted by Gasteiger charge is -2.15. The first-order valence-electron chi connectivity index (χ1n) is 10.4. The lowest BCUT2D eigenvalue weighted by Crippen LogP contribution is -2.01. The average Bonchev–Trinajstić information content (AvgIpc) is 3.05. The highest BCUT2D eigenvalue weighted by Crippen LogP contribution is 2.46. The van der Waals surface area contributed by atoms with Crippen molar-refractivity contribution >= 4 is 21.5 Å². The maximum absolute atomic E-state index is 2.39. The number of hydrogen-bond acceptors (Lipinski definition) is 0. The van der Waals surface area contributed by atoms with Gasteiger partial charge in [0.2, 0.25) is 0 Å². The number of aryl methyl sites for hydroxylation is 1. The van der Waals surface area contributed by atoms with Gasteiger partial charge in [0.25, 0.3) is 0 Å². The Hall–Kier alpha value is -3.38. The van der Waals surface area contributed by atoms with Crippen molar-refractivity contribution in [3.05, 3.63) is 119 Å². The molecule has 0 aromatic heterocycles. The second-order valence-electron chi connectivity index (χ2n) is 8.32. The van der Waals surface area contributed by atoms with Crippen molar-refractivity contribution in [1.82, 2.24) is 0 Å². The van der Waals surface area contributed by atoms with E-state index in [1.807, 2.05) is 0 Å². The van der Waals surface area contributed by atoms with Gasteiger partial charge < -0.3 is 0 Å². The Kier molecular flexibility index (Phi) is 3.61. The van der Waals surface area contributed by atoms with Crippen molar-refractivity contribution in [2.75, 3.05) is 0 Å². The van der Waals surface area contributed by atoms with E-state index in [2.05, 4.69) is 104 Å². The minimum absolute atomic E-state index is 0.430. The van der Waals surface area contributed by atoms with Crippen molar-refractivity contribution < 1.29 is 0 Å². The van der Waals surface area contributed by atoms with E-state index in [0.29, 0.717) is 5.92 Å². The van der Waals surface area contributed by atoms with Crippen molar-refractivity contribution in [1.29, 1.82) is 0 Å². The Bertz CT molecular complexity index is 1390. The van der Waals surface area contributed by atoms with E-state index in [9.17, 15) is 0 Å². The SMILES string of the molecule is Cc1ccc2c(c1)-c1ccccc1C2Cc1ccc2cc3ccccc3cc2c1. The highest BCUT2D eigenvalue weighted by atomic mass is 14.3. The van der Waals surface area contributed by atoms with Crippen LogP contribution in [0.2, 0.25) is 0 Å². The fourth-order valence-electron chi connectivity index (χ4n) is 4.99. The molecule has 0 N–H and O–H groups in total. The molecule has 0 radical (unpaired) electrons. The summed E-state index contributed by atoms with van der Waals surface area (Å²) in [6.07, 6.45) is 1.04. The van der Waals surface area contributed by atoms with Crippen molar-refractivity contribution in [3.8, 4) is 11.1 Å². The minimum atomic E-state index is 0.430. The van der Waals surface area contributed by atoms with Gasteiger partial charge in [0, 0.05) is 5.92 Å². The molecule has 138 valence electrons.